The molecule has 0 bridgehead atoms. The Kier molecular flexibility index (Phi) is 4.79. The van der Waals surface area contributed by atoms with Gasteiger partial charge in [0.1, 0.15) is 5.75 Å². The minimum absolute atomic E-state index is 0.448. The molecule has 0 spiro atoms. The van der Waals surface area contributed by atoms with Gasteiger partial charge in [-0.3, -0.25) is 0 Å². The van der Waals surface area contributed by atoms with Crippen molar-refractivity contribution in [1.29, 1.82) is 0 Å². The topological polar surface area (TPSA) is 60.2 Å². The first-order chi connectivity index (χ1) is 11.7. The van der Waals surface area contributed by atoms with Crippen molar-refractivity contribution in [3.8, 4) is 17.2 Å². The summed E-state index contributed by atoms with van der Waals surface area (Å²) < 4.78 is 11.0. The van der Waals surface area contributed by atoms with Crippen LogP contribution < -0.4 is 10.1 Å². The third-order valence-corrected chi connectivity index (χ3v) is 3.80. The molecule has 24 heavy (non-hydrogen) atoms. The normalized spacial score (nSPS) is 10.8. The van der Waals surface area contributed by atoms with Crippen LogP contribution in [0.15, 0.2) is 52.9 Å². The number of ether oxygens (including phenoxy) is 1. The van der Waals surface area contributed by atoms with Gasteiger partial charge in [-0.25, -0.2) is 0 Å². The maximum atomic E-state index is 5.75. The number of nitrogens with one attached hydrogen (secondary N) is 1. The molecule has 0 unspecified atom stereocenters. The van der Waals surface area contributed by atoms with Crippen molar-refractivity contribution in [1.82, 2.24) is 10.2 Å². The number of aromatic nitrogens is 2. The third-order valence-electron chi connectivity index (χ3n) is 3.80. The van der Waals surface area contributed by atoms with Gasteiger partial charge in [0.15, 0.2) is 0 Å². The van der Waals surface area contributed by atoms with Crippen LogP contribution in [0.4, 0.5) is 5.69 Å². The number of rotatable bonds is 6. The smallest absolute Gasteiger partial charge is 0.247 e. The minimum atomic E-state index is 0.448. The minimum Gasteiger partial charge on any atom is -0.497 e. The summed E-state index contributed by atoms with van der Waals surface area (Å²) in [5.74, 6) is 2.24. The standard InChI is InChI=1S/C19H21N3O2/c1-13(2)16-9-4-5-10-17(16)20-12-18-21-22-19(24-18)14-7-6-8-15(11-14)23-3/h4-11,13,20H,12H2,1-3H3. The molecule has 0 aliphatic carbocycles. The van der Waals surface area contributed by atoms with Crippen LogP contribution >= 0.6 is 0 Å². The highest BCUT2D eigenvalue weighted by Crippen LogP contribution is 2.25. The van der Waals surface area contributed by atoms with E-state index in [1.807, 2.05) is 36.4 Å². The molecule has 2 aromatic carbocycles. The van der Waals surface area contributed by atoms with E-state index in [1.54, 1.807) is 7.11 Å². The Balaban J connectivity index is 1.73. The Bertz CT molecular complexity index is 812. The molecule has 3 aromatic rings. The van der Waals surface area contributed by atoms with Gasteiger partial charge < -0.3 is 14.5 Å². The maximum absolute atomic E-state index is 5.75. The highest BCUT2D eigenvalue weighted by atomic mass is 16.5. The fraction of sp³-hybridized carbons (Fsp3) is 0.263. The van der Waals surface area contributed by atoms with E-state index in [4.69, 9.17) is 9.15 Å². The molecule has 124 valence electrons. The first-order valence-electron chi connectivity index (χ1n) is 7.97. The summed E-state index contributed by atoms with van der Waals surface area (Å²) in [5.41, 5.74) is 3.20. The van der Waals surface area contributed by atoms with Crippen LogP contribution in [0.25, 0.3) is 11.5 Å². The van der Waals surface area contributed by atoms with Crippen LogP contribution in [-0.2, 0) is 6.54 Å². The maximum Gasteiger partial charge on any atom is 0.247 e. The first kappa shape index (κ1) is 16.1. The van der Waals surface area contributed by atoms with Gasteiger partial charge in [-0.1, -0.05) is 38.1 Å². The molecular formula is C19H21N3O2. The van der Waals surface area contributed by atoms with Crippen LogP contribution in [0.3, 0.4) is 0 Å². The molecule has 0 radical (unpaired) electrons. The van der Waals surface area contributed by atoms with Gasteiger partial charge >= 0.3 is 0 Å². The van der Waals surface area contributed by atoms with Crippen molar-refractivity contribution in [2.45, 2.75) is 26.3 Å². The van der Waals surface area contributed by atoms with Crippen LogP contribution in [0, 0.1) is 0 Å². The predicted molar refractivity (Wildman–Crippen MR) is 94.1 cm³/mol. The largest absolute Gasteiger partial charge is 0.497 e. The van der Waals surface area contributed by atoms with Gasteiger partial charge in [-0.15, -0.1) is 10.2 Å². The van der Waals surface area contributed by atoms with E-state index in [2.05, 4.69) is 41.5 Å². The van der Waals surface area contributed by atoms with E-state index in [1.165, 1.54) is 5.56 Å². The summed E-state index contributed by atoms with van der Waals surface area (Å²) in [6.07, 6.45) is 0. The Morgan fingerprint density at radius 2 is 1.92 bits per heavy atom. The van der Waals surface area contributed by atoms with Crippen LogP contribution in [0.2, 0.25) is 0 Å². The average Bonchev–Trinajstić information content (AvgIpc) is 3.09. The van der Waals surface area contributed by atoms with Crippen molar-refractivity contribution in [3.63, 3.8) is 0 Å². The molecule has 1 heterocycles. The SMILES string of the molecule is COc1cccc(-c2nnc(CNc3ccccc3C(C)C)o2)c1. The van der Waals surface area contributed by atoms with Crippen molar-refractivity contribution in [2.75, 3.05) is 12.4 Å². The second-order valence-electron chi connectivity index (χ2n) is 5.83. The van der Waals surface area contributed by atoms with Gasteiger partial charge in [0.25, 0.3) is 0 Å². The number of anilines is 1. The van der Waals surface area contributed by atoms with Crippen molar-refractivity contribution < 1.29 is 9.15 Å². The molecule has 1 aromatic heterocycles. The van der Waals surface area contributed by atoms with E-state index < -0.39 is 0 Å². The summed E-state index contributed by atoms with van der Waals surface area (Å²) in [6.45, 7) is 4.84. The molecule has 0 fully saturated rings. The molecule has 0 amide bonds. The summed E-state index contributed by atoms with van der Waals surface area (Å²) in [5, 5.41) is 11.6. The fourth-order valence-corrected chi connectivity index (χ4v) is 2.53. The Morgan fingerprint density at radius 3 is 2.71 bits per heavy atom. The highest BCUT2D eigenvalue weighted by molar-refractivity contribution is 5.55. The zero-order chi connectivity index (χ0) is 16.9. The van der Waals surface area contributed by atoms with E-state index in [0.717, 1.165) is 17.0 Å². The van der Waals surface area contributed by atoms with Gasteiger partial charge in [-0.2, -0.15) is 0 Å². The number of nitrogens with zero attached hydrogens (tertiary/aromatic N) is 2. The quantitative estimate of drug-likeness (QED) is 0.724. The zero-order valence-corrected chi connectivity index (χ0v) is 14.1. The van der Waals surface area contributed by atoms with Gasteiger partial charge in [-0.05, 0) is 35.7 Å². The number of methoxy groups -OCH3 is 1. The molecule has 1 N–H and O–H groups in total. The molecule has 0 saturated heterocycles. The lowest BCUT2D eigenvalue weighted by atomic mass is 10.0. The van der Waals surface area contributed by atoms with Gasteiger partial charge in [0, 0.05) is 11.3 Å². The van der Waals surface area contributed by atoms with Crippen LogP contribution in [0.5, 0.6) is 5.75 Å². The summed E-state index contributed by atoms with van der Waals surface area (Å²) in [6, 6.07) is 15.8. The Morgan fingerprint density at radius 1 is 1.08 bits per heavy atom. The number of benzene rings is 2. The van der Waals surface area contributed by atoms with Crippen molar-refractivity contribution >= 4 is 5.69 Å². The summed E-state index contributed by atoms with van der Waals surface area (Å²) in [7, 11) is 1.63. The fourth-order valence-electron chi connectivity index (χ4n) is 2.53. The predicted octanol–water partition coefficient (Wildman–Crippen LogP) is 4.48. The lowest BCUT2D eigenvalue weighted by molar-refractivity contribution is 0.414. The Hall–Kier alpha value is -2.82. The van der Waals surface area contributed by atoms with E-state index in [0.29, 0.717) is 24.2 Å². The summed E-state index contributed by atoms with van der Waals surface area (Å²) >= 11 is 0. The van der Waals surface area contributed by atoms with Crippen molar-refractivity contribution in [3.05, 3.63) is 60.0 Å². The molecule has 5 heteroatoms. The lowest BCUT2D eigenvalue weighted by Crippen LogP contribution is -2.03. The van der Waals surface area contributed by atoms with E-state index >= 15 is 0 Å². The van der Waals surface area contributed by atoms with Crippen LogP contribution in [0.1, 0.15) is 31.2 Å². The zero-order valence-electron chi connectivity index (χ0n) is 14.1. The second-order valence-corrected chi connectivity index (χ2v) is 5.83. The van der Waals surface area contributed by atoms with E-state index in [9.17, 15) is 0 Å². The van der Waals surface area contributed by atoms with E-state index in [-0.39, 0.29) is 0 Å². The second kappa shape index (κ2) is 7.17. The highest BCUT2D eigenvalue weighted by Gasteiger charge is 2.11. The third kappa shape index (κ3) is 3.56. The first-order valence-corrected chi connectivity index (χ1v) is 7.97. The number of hydrogen-bond acceptors (Lipinski definition) is 5. The van der Waals surface area contributed by atoms with Crippen molar-refractivity contribution in [2.24, 2.45) is 0 Å². The van der Waals surface area contributed by atoms with Gasteiger partial charge in [0.05, 0.1) is 13.7 Å². The Labute approximate surface area is 141 Å². The molecule has 0 aliphatic rings. The molecule has 3 rings (SSSR count). The lowest BCUT2D eigenvalue weighted by Gasteiger charge is -2.13. The molecule has 0 saturated carbocycles. The molecule has 0 atom stereocenters. The monoisotopic (exact) mass is 323 g/mol. The van der Waals surface area contributed by atoms with Crippen LogP contribution in [-0.4, -0.2) is 17.3 Å². The molecular weight excluding hydrogens is 302 g/mol. The number of para-hydroxylation sites is 1. The molecule has 5 nitrogen and oxygen atoms in total. The van der Waals surface area contributed by atoms with Gasteiger partial charge in [0.2, 0.25) is 11.8 Å². The molecule has 0 aliphatic heterocycles. The number of hydrogen-bond donors (Lipinski definition) is 1. The summed E-state index contributed by atoms with van der Waals surface area (Å²) in [4.78, 5) is 0. The average molecular weight is 323 g/mol.